The highest BCUT2D eigenvalue weighted by Crippen LogP contribution is 2.31. The van der Waals surface area contributed by atoms with E-state index < -0.39 is 5.79 Å². The molecule has 184 valence electrons. The van der Waals surface area contributed by atoms with E-state index in [4.69, 9.17) is 19.6 Å². The van der Waals surface area contributed by atoms with Gasteiger partial charge < -0.3 is 9.47 Å². The first-order chi connectivity index (χ1) is 17.1. The van der Waals surface area contributed by atoms with Gasteiger partial charge in [0.1, 0.15) is 5.82 Å². The van der Waals surface area contributed by atoms with Gasteiger partial charge in [0.2, 0.25) is 17.4 Å². The fourth-order valence-corrected chi connectivity index (χ4v) is 4.26. The number of rotatable bonds is 12. The van der Waals surface area contributed by atoms with Crippen molar-refractivity contribution in [2.75, 3.05) is 14.2 Å². The molecule has 0 aliphatic carbocycles. The predicted molar refractivity (Wildman–Crippen MR) is 133 cm³/mol. The second-order valence-corrected chi connectivity index (χ2v) is 8.50. The molecule has 0 saturated heterocycles. The maximum atomic E-state index is 5.77. The van der Waals surface area contributed by atoms with Crippen LogP contribution in [0.5, 0.6) is 0 Å². The fraction of sp³-hybridized carbons (Fsp3) is 0.423. The van der Waals surface area contributed by atoms with Crippen LogP contribution in [-0.4, -0.2) is 49.6 Å². The predicted octanol–water partition coefficient (Wildman–Crippen LogP) is 4.76. The van der Waals surface area contributed by atoms with Crippen molar-refractivity contribution < 1.29 is 9.47 Å². The summed E-state index contributed by atoms with van der Waals surface area (Å²) in [7, 11) is 3.30. The molecule has 9 heteroatoms. The number of hydrogen-bond acceptors (Lipinski definition) is 7. The number of hydrogen-bond donors (Lipinski definition) is 1. The number of H-pyrrole nitrogens is 1. The lowest BCUT2D eigenvalue weighted by Gasteiger charge is -2.27. The Balaban J connectivity index is 1.62. The number of nitrogens with one attached hydrogen (secondary N) is 1. The Morgan fingerprint density at radius 1 is 0.943 bits per heavy atom. The Kier molecular flexibility index (Phi) is 7.99. The first kappa shape index (κ1) is 24.7. The molecule has 0 unspecified atom stereocenters. The molecule has 0 fully saturated rings. The summed E-state index contributed by atoms with van der Waals surface area (Å²) >= 11 is 0. The van der Waals surface area contributed by atoms with E-state index in [2.05, 4.69) is 64.8 Å². The number of aromatic nitrogens is 7. The first-order valence-corrected chi connectivity index (χ1v) is 12.1. The lowest BCUT2D eigenvalue weighted by Crippen LogP contribution is -2.32. The Morgan fingerprint density at radius 2 is 1.69 bits per heavy atom. The monoisotopic (exact) mass is 475 g/mol. The molecule has 0 amide bonds. The van der Waals surface area contributed by atoms with Crippen LogP contribution < -0.4 is 0 Å². The van der Waals surface area contributed by atoms with Crippen molar-refractivity contribution in [3.8, 4) is 22.5 Å². The molecule has 9 nitrogen and oxygen atoms in total. The number of methoxy groups -OCH3 is 2. The smallest absolute Gasteiger partial charge is 0.231 e. The average molecular weight is 476 g/mol. The number of benzene rings is 2. The van der Waals surface area contributed by atoms with Crippen LogP contribution in [0.25, 0.3) is 22.5 Å². The number of tetrazole rings is 1. The zero-order valence-corrected chi connectivity index (χ0v) is 20.9. The fourth-order valence-electron chi connectivity index (χ4n) is 4.26. The zero-order valence-electron chi connectivity index (χ0n) is 20.9. The van der Waals surface area contributed by atoms with Gasteiger partial charge in [-0.1, -0.05) is 75.2 Å². The minimum atomic E-state index is -0.927. The topological polar surface area (TPSA) is 104 Å². The molecule has 4 rings (SSSR count). The minimum absolute atomic E-state index is 0.576. The molecule has 2 heterocycles. The average Bonchev–Trinajstić information content (AvgIpc) is 3.57. The summed E-state index contributed by atoms with van der Waals surface area (Å²) in [5, 5.41) is 19.4. The Bertz CT molecular complexity index is 1200. The van der Waals surface area contributed by atoms with Crippen LogP contribution in [0.4, 0.5) is 0 Å². The van der Waals surface area contributed by atoms with E-state index in [9.17, 15) is 0 Å². The molecule has 2 aromatic heterocycles. The number of nitrogens with zero attached hydrogens (tertiary/aromatic N) is 6. The van der Waals surface area contributed by atoms with Gasteiger partial charge in [-0.25, -0.2) is 9.67 Å². The molecule has 4 aromatic rings. The summed E-state index contributed by atoms with van der Waals surface area (Å²) in [5.41, 5.74) is 4.20. The summed E-state index contributed by atoms with van der Waals surface area (Å²) in [6.45, 7) is 4.90. The van der Waals surface area contributed by atoms with Crippen LogP contribution in [0.3, 0.4) is 0 Å². The Labute approximate surface area is 205 Å². The van der Waals surface area contributed by atoms with Gasteiger partial charge in [0, 0.05) is 32.6 Å². The van der Waals surface area contributed by atoms with E-state index in [1.165, 1.54) is 0 Å². The van der Waals surface area contributed by atoms with E-state index in [-0.39, 0.29) is 0 Å². The second kappa shape index (κ2) is 11.3. The summed E-state index contributed by atoms with van der Waals surface area (Å²) in [4.78, 5) is 4.86. The summed E-state index contributed by atoms with van der Waals surface area (Å²) in [6, 6.07) is 16.5. The van der Waals surface area contributed by atoms with Gasteiger partial charge in [0.25, 0.3) is 0 Å². The quantitative estimate of drug-likeness (QED) is 0.295. The Hall–Kier alpha value is -3.43. The van der Waals surface area contributed by atoms with Crippen LogP contribution in [0.1, 0.15) is 56.7 Å². The van der Waals surface area contributed by atoms with E-state index >= 15 is 0 Å². The van der Waals surface area contributed by atoms with Gasteiger partial charge >= 0.3 is 0 Å². The third-order valence-corrected chi connectivity index (χ3v) is 6.19. The Morgan fingerprint density at radius 3 is 2.31 bits per heavy atom. The number of ether oxygens (including phenoxy) is 2. The van der Waals surface area contributed by atoms with Crippen LogP contribution in [0.2, 0.25) is 0 Å². The van der Waals surface area contributed by atoms with Crippen LogP contribution in [0, 0.1) is 0 Å². The number of aromatic amines is 1. The van der Waals surface area contributed by atoms with Gasteiger partial charge in [0.15, 0.2) is 0 Å². The van der Waals surface area contributed by atoms with Crippen molar-refractivity contribution in [3.05, 3.63) is 65.7 Å². The normalized spacial score (nSPS) is 11.8. The molecule has 2 aromatic carbocycles. The van der Waals surface area contributed by atoms with Gasteiger partial charge in [-0.2, -0.15) is 5.21 Å². The van der Waals surface area contributed by atoms with Crippen LogP contribution in [-0.2, 0) is 28.2 Å². The molecule has 0 aliphatic heterocycles. The largest absolute Gasteiger partial charge is 0.347 e. The molecule has 0 atom stereocenters. The van der Waals surface area contributed by atoms with Crippen molar-refractivity contribution in [3.63, 3.8) is 0 Å². The molecular weight excluding hydrogens is 442 g/mol. The standard InChI is InChI=1S/C26H33N7O2/c1-5-7-12-23-27-25(26(34-3,35-4)17-6-2)30-33(23)18-19-13-15-20(16-14-19)21-10-8-9-11-22(21)24-28-31-32-29-24/h8-11,13-16H,5-7,12,17-18H2,1-4H3,(H,28,29,31,32). The number of aryl methyl sites for hydroxylation is 1. The van der Waals surface area contributed by atoms with Crippen molar-refractivity contribution in [2.45, 2.75) is 58.3 Å². The first-order valence-electron chi connectivity index (χ1n) is 12.1. The maximum Gasteiger partial charge on any atom is 0.231 e. The van der Waals surface area contributed by atoms with Crippen molar-refractivity contribution >= 4 is 0 Å². The molecule has 0 saturated carbocycles. The molecular formula is C26H33N7O2. The highest BCUT2D eigenvalue weighted by atomic mass is 16.7. The lowest BCUT2D eigenvalue weighted by molar-refractivity contribution is -0.225. The van der Waals surface area contributed by atoms with Crippen molar-refractivity contribution in [1.29, 1.82) is 0 Å². The summed E-state index contributed by atoms with van der Waals surface area (Å²) in [6.07, 6.45) is 4.57. The maximum absolute atomic E-state index is 5.77. The van der Waals surface area contributed by atoms with Crippen LogP contribution >= 0.6 is 0 Å². The molecule has 1 N–H and O–H groups in total. The zero-order chi connectivity index (χ0) is 24.7. The van der Waals surface area contributed by atoms with Gasteiger partial charge in [-0.3, -0.25) is 0 Å². The van der Waals surface area contributed by atoms with Crippen molar-refractivity contribution in [2.24, 2.45) is 0 Å². The molecule has 0 spiro atoms. The van der Waals surface area contributed by atoms with Crippen molar-refractivity contribution in [1.82, 2.24) is 35.4 Å². The second-order valence-electron chi connectivity index (χ2n) is 8.50. The summed E-state index contributed by atoms with van der Waals surface area (Å²) < 4.78 is 13.5. The molecule has 35 heavy (non-hydrogen) atoms. The SMILES string of the molecule is CCCCc1nc(C(CCC)(OC)OC)nn1Cc1ccc(-c2ccccc2-c2nn[nH]n2)cc1. The van der Waals surface area contributed by atoms with Gasteiger partial charge in [-0.05, 0) is 28.3 Å². The third kappa shape index (κ3) is 5.31. The van der Waals surface area contributed by atoms with E-state index in [1.54, 1.807) is 14.2 Å². The van der Waals surface area contributed by atoms with Crippen LogP contribution in [0.15, 0.2) is 48.5 Å². The molecule has 0 bridgehead atoms. The highest BCUT2D eigenvalue weighted by Gasteiger charge is 2.36. The third-order valence-electron chi connectivity index (χ3n) is 6.19. The highest BCUT2D eigenvalue weighted by molar-refractivity contribution is 5.80. The summed E-state index contributed by atoms with van der Waals surface area (Å²) in [5.74, 6) is 1.18. The molecule has 0 radical (unpaired) electrons. The van der Waals surface area contributed by atoms with E-state index in [0.717, 1.165) is 53.8 Å². The van der Waals surface area contributed by atoms with E-state index in [1.807, 2.05) is 22.9 Å². The van der Waals surface area contributed by atoms with E-state index in [0.29, 0.717) is 24.6 Å². The molecule has 0 aliphatic rings. The van der Waals surface area contributed by atoms with Gasteiger partial charge in [0.05, 0.1) is 6.54 Å². The lowest BCUT2D eigenvalue weighted by atomic mass is 9.98. The minimum Gasteiger partial charge on any atom is -0.347 e. The van der Waals surface area contributed by atoms with Gasteiger partial charge in [-0.15, -0.1) is 15.3 Å². The number of unbranched alkanes of at least 4 members (excludes halogenated alkanes) is 1.